The standard InChI is InChI=1S/C10H12F6N6O2/c11-9(12,13)7(23,19-21-17)5-2-1-3-6(4-5)8(24,20-22-18)10(14,15)16/h5-6,23-24H,1-4H2. The third-order valence-electron chi connectivity index (χ3n) is 4.04. The molecule has 1 rings (SSSR count). The molecule has 8 nitrogen and oxygen atoms in total. The first kappa shape index (κ1) is 20.2. The van der Waals surface area contributed by atoms with Crippen LogP contribution in [0.15, 0.2) is 10.2 Å². The number of hydrogen-bond donors (Lipinski definition) is 2. The summed E-state index contributed by atoms with van der Waals surface area (Å²) in [5, 5.41) is 24.0. The lowest BCUT2D eigenvalue weighted by Crippen LogP contribution is -2.55. The molecular formula is C10H12F6N6O2. The third kappa shape index (κ3) is 3.46. The van der Waals surface area contributed by atoms with E-state index >= 15 is 0 Å². The van der Waals surface area contributed by atoms with Crippen molar-refractivity contribution in [1.29, 1.82) is 0 Å². The summed E-state index contributed by atoms with van der Waals surface area (Å²) < 4.78 is 78.0. The molecule has 4 unspecified atom stereocenters. The van der Waals surface area contributed by atoms with Crippen LogP contribution in [0.2, 0.25) is 0 Å². The van der Waals surface area contributed by atoms with Gasteiger partial charge in [0.1, 0.15) is 0 Å². The maximum absolute atomic E-state index is 13.0. The molecule has 1 aliphatic carbocycles. The van der Waals surface area contributed by atoms with Crippen LogP contribution in [0.5, 0.6) is 0 Å². The summed E-state index contributed by atoms with van der Waals surface area (Å²) in [7, 11) is 0. The monoisotopic (exact) mass is 362 g/mol. The Balaban J connectivity index is 3.26. The lowest BCUT2D eigenvalue weighted by Gasteiger charge is -2.43. The van der Waals surface area contributed by atoms with Crippen molar-refractivity contribution in [3.8, 4) is 0 Å². The Bertz CT molecular complexity index is 521. The molecule has 0 aromatic heterocycles. The van der Waals surface area contributed by atoms with Crippen LogP contribution < -0.4 is 0 Å². The Labute approximate surface area is 130 Å². The second-order valence-corrected chi connectivity index (χ2v) is 5.39. The maximum atomic E-state index is 13.0. The van der Waals surface area contributed by atoms with Gasteiger partial charge in [0.2, 0.25) is 11.4 Å². The Morgan fingerprint density at radius 1 is 0.792 bits per heavy atom. The zero-order valence-corrected chi connectivity index (χ0v) is 11.8. The molecule has 24 heavy (non-hydrogen) atoms. The predicted molar refractivity (Wildman–Crippen MR) is 65.7 cm³/mol. The Kier molecular flexibility index (Phi) is 5.51. The van der Waals surface area contributed by atoms with Gasteiger partial charge in [0.15, 0.2) is 0 Å². The average molecular weight is 362 g/mol. The van der Waals surface area contributed by atoms with E-state index < -0.39 is 54.9 Å². The zero-order valence-electron chi connectivity index (χ0n) is 11.8. The Morgan fingerprint density at radius 3 is 1.38 bits per heavy atom. The number of azide groups is 2. The highest BCUT2D eigenvalue weighted by Crippen LogP contribution is 2.50. The first-order valence-corrected chi connectivity index (χ1v) is 6.54. The first-order chi connectivity index (χ1) is 10.8. The predicted octanol–water partition coefficient (Wildman–Crippen LogP) is 3.92. The maximum Gasteiger partial charge on any atom is 0.423 e. The molecule has 1 aliphatic rings. The molecule has 0 radical (unpaired) electrons. The largest absolute Gasteiger partial charge is 0.423 e. The minimum atomic E-state index is -5.43. The topological polar surface area (TPSA) is 138 Å². The first-order valence-electron chi connectivity index (χ1n) is 6.54. The van der Waals surface area contributed by atoms with Crippen LogP contribution in [0, 0.1) is 11.8 Å². The quantitative estimate of drug-likeness (QED) is 0.339. The summed E-state index contributed by atoms with van der Waals surface area (Å²) in [6.45, 7) is 0. The molecule has 0 aromatic carbocycles. The fourth-order valence-corrected chi connectivity index (χ4v) is 2.80. The van der Waals surface area contributed by atoms with Crippen molar-refractivity contribution in [3.05, 3.63) is 20.9 Å². The zero-order chi connectivity index (χ0) is 18.8. The summed E-state index contributed by atoms with van der Waals surface area (Å²) in [4.78, 5) is 3.82. The van der Waals surface area contributed by atoms with Crippen LogP contribution in [0.1, 0.15) is 25.7 Å². The van der Waals surface area contributed by atoms with Gasteiger partial charge in [-0.15, -0.1) is 0 Å². The molecule has 0 aliphatic heterocycles. The third-order valence-corrected chi connectivity index (χ3v) is 4.04. The summed E-state index contributed by atoms with van der Waals surface area (Å²) in [5.74, 6) is -3.87. The van der Waals surface area contributed by atoms with Gasteiger partial charge in [0.05, 0.1) is 0 Å². The van der Waals surface area contributed by atoms with E-state index in [-0.39, 0.29) is 6.42 Å². The lowest BCUT2D eigenvalue weighted by atomic mass is 9.72. The smallest absolute Gasteiger partial charge is 0.376 e. The van der Waals surface area contributed by atoms with Gasteiger partial charge in [0, 0.05) is 21.7 Å². The van der Waals surface area contributed by atoms with Gasteiger partial charge in [-0.25, -0.2) is 0 Å². The van der Waals surface area contributed by atoms with E-state index in [0.717, 1.165) is 0 Å². The second kappa shape index (κ2) is 6.55. The molecule has 1 saturated carbocycles. The van der Waals surface area contributed by atoms with Gasteiger partial charge in [-0.05, 0) is 40.6 Å². The highest BCUT2D eigenvalue weighted by molar-refractivity contribution is 5.00. The van der Waals surface area contributed by atoms with Crippen LogP contribution >= 0.6 is 0 Å². The highest BCUT2D eigenvalue weighted by atomic mass is 19.4. The van der Waals surface area contributed by atoms with Crippen molar-refractivity contribution >= 4 is 0 Å². The molecule has 1 fully saturated rings. The van der Waals surface area contributed by atoms with E-state index in [1.165, 1.54) is 0 Å². The Hall–Kier alpha value is -1.88. The van der Waals surface area contributed by atoms with Gasteiger partial charge < -0.3 is 10.2 Å². The van der Waals surface area contributed by atoms with Crippen LogP contribution in [0.3, 0.4) is 0 Å². The average Bonchev–Trinajstić information content (AvgIpc) is 2.45. The SMILES string of the molecule is [N-]=[N+]=NC(O)(C1CCCC(C(O)(N=[N+]=[N-])C(F)(F)F)C1)C(F)(F)F. The highest BCUT2D eigenvalue weighted by Gasteiger charge is 2.63. The van der Waals surface area contributed by atoms with Crippen LogP contribution in [-0.2, 0) is 0 Å². The summed E-state index contributed by atoms with van der Waals surface area (Å²) in [6.07, 6.45) is -12.9. The van der Waals surface area contributed by atoms with Crippen LogP contribution in [0.25, 0.3) is 20.9 Å². The fourth-order valence-electron chi connectivity index (χ4n) is 2.80. The van der Waals surface area contributed by atoms with Gasteiger partial charge in [-0.1, -0.05) is 6.42 Å². The fraction of sp³-hybridized carbons (Fsp3) is 1.00. The number of alkyl halides is 6. The van der Waals surface area contributed by atoms with Crippen molar-refractivity contribution in [2.75, 3.05) is 0 Å². The van der Waals surface area contributed by atoms with Gasteiger partial charge in [-0.2, -0.15) is 26.3 Å². The molecule has 0 spiro atoms. The van der Waals surface area contributed by atoms with Gasteiger partial charge >= 0.3 is 12.4 Å². The number of halogens is 6. The van der Waals surface area contributed by atoms with E-state index in [1.54, 1.807) is 0 Å². The van der Waals surface area contributed by atoms with Crippen molar-refractivity contribution in [1.82, 2.24) is 0 Å². The van der Waals surface area contributed by atoms with E-state index in [0.29, 0.717) is 0 Å². The van der Waals surface area contributed by atoms with Crippen molar-refractivity contribution in [2.24, 2.45) is 22.1 Å². The molecular weight excluding hydrogens is 350 g/mol. The Morgan fingerprint density at radius 2 is 1.12 bits per heavy atom. The summed E-state index contributed by atoms with van der Waals surface area (Å²) >= 11 is 0. The molecule has 0 aromatic rings. The molecule has 14 heteroatoms. The molecule has 136 valence electrons. The van der Waals surface area contributed by atoms with Gasteiger partial charge in [-0.3, -0.25) is 0 Å². The minimum Gasteiger partial charge on any atom is -0.376 e. The molecule has 0 amide bonds. The van der Waals surface area contributed by atoms with E-state index in [4.69, 9.17) is 11.1 Å². The number of hydrogen-bond acceptors (Lipinski definition) is 4. The van der Waals surface area contributed by atoms with Crippen LogP contribution in [-0.4, -0.2) is 34.0 Å². The van der Waals surface area contributed by atoms with E-state index in [1.807, 2.05) is 9.82 Å². The molecule has 2 N–H and O–H groups in total. The van der Waals surface area contributed by atoms with Crippen molar-refractivity contribution in [2.45, 2.75) is 49.5 Å². The molecule has 0 bridgehead atoms. The van der Waals surface area contributed by atoms with Gasteiger partial charge in [0.25, 0.3) is 0 Å². The number of aliphatic hydroxyl groups is 2. The van der Waals surface area contributed by atoms with Crippen LogP contribution in [0.4, 0.5) is 26.3 Å². The number of rotatable bonds is 4. The molecule has 0 saturated heterocycles. The summed E-state index contributed by atoms with van der Waals surface area (Å²) in [5.41, 5.74) is 8.62. The van der Waals surface area contributed by atoms with Crippen molar-refractivity contribution in [3.63, 3.8) is 0 Å². The molecule has 4 atom stereocenters. The normalized spacial score (nSPS) is 27.2. The van der Waals surface area contributed by atoms with E-state index in [2.05, 4.69) is 10.2 Å². The second-order valence-electron chi connectivity index (χ2n) is 5.39. The van der Waals surface area contributed by atoms with E-state index in [9.17, 15) is 36.6 Å². The molecule has 0 heterocycles. The summed E-state index contributed by atoms with van der Waals surface area (Å²) in [6, 6.07) is 0. The number of nitrogens with zero attached hydrogens (tertiary/aromatic N) is 6. The van der Waals surface area contributed by atoms with Crippen molar-refractivity contribution < 1.29 is 36.6 Å². The lowest BCUT2D eigenvalue weighted by molar-refractivity contribution is -0.299. The minimum absolute atomic E-state index is 0.242.